The van der Waals surface area contributed by atoms with Crippen LogP contribution in [-0.2, 0) is 6.18 Å². The van der Waals surface area contributed by atoms with Gasteiger partial charge in [0, 0.05) is 6.42 Å². The van der Waals surface area contributed by atoms with Gasteiger partial charge in [0.25, 0.3) is 0 Å². The second-order valence-corrected chi connectivity index (χ2v) is 4.43. The van der Waals surface area contributed by atoms with Crippen molar-refractivity contribution in [3.63, 3.8) is 0 Å². The SMILES string of the molecule is C=C(CC)CC(O)Oc1ccc(C(F)(F)F)cc1Cl. The van der Waals surface area contributed by atoms with Crippen molar-refractivity contribution in [1.29, 1.82) is 0 Å². The molecule has 0 spiro atoms. The van der Waals surface area contributed by atoms with E-state index in [9.17, 15) is 18.3 Å². The molecule has 0 fully saturated rings. The normalized spacial score (nSPS) is 13.2. The van der Waals surface area contributed by atoms with Crippen LogP contribution in [0.4, 0.5) is 13.2 Å². The minimum absolute atomic E-state index is 0.00562. The molecule has 1 aromatic rings. The molecule has 0 amide bonds. The summed E-state index contributed by atoms with van der Waals surface area (Å²) in [6.07, 6.45) is -4.76. The third kappa shape index (κ3) is 4.76. The van der Waals surface area contributed by atoms with Crippen LogP contribution >= 0.6 is 11.6 Å². The molecule has 0 radical (unpaired) electrons. The van der Waals surface area contributed by atoms with Crippen molar-refractivity contribution in [2.45, 2.75) is 32.2 Å². The molecule has 1 aromatic carbocycles. The molecule has 19 heavy (non-hydrogen) atoms. The van der Waals surface area contributed by atoms with Gasteiger partial charge < -0.3 is 9.84 Å². The van der Waals surface area contributed by atoms with Gasteiger partial charge in [0.15, 0.2) is 0 Å². The van der Waals surface area contributed by atoms with Crippen LogP contribution in [0.2, 0.25) is 5.02 Å². The van der Waals surface area contributed by atoms with E-state index in [4.69, 9.17) is 16.3 Å². The minimum atomic E-state index is -4.46. The fourth-order valence-corrected chi connectivity index (χ4v) is 1.58. The van der Waals surface area contributed by atoms with Gasteiger partial charge in [0.2, 0.25) is 6.29 Å². The van der Waals surface area contributed by atoms with Gasteiger partial charge in [0.05, 0.1) is 10.6 Å². The Labute approximate surface area is 114 Å². The maximum atomic E-state index is 12.4. The molecule has 1 N–H and O–H groups in total. The van der Waals surface area contributed by atoms with Crippen LogP contribution < -0.4 is 4.74 Å². The maximum Gasteiger partial charge on any atom is 0.416 e. The third-order valence-corrected chi connectivity index (χ3v) is 2.78. The third-order valence-electron chi connectivity index (χ3n) is 2.49. The molecule has 1 unspecified atom stereocenters. The van der Waals surface area contributed by atoms with Gasteiger partial charge in [0.1, 0.15) is 5.75 Å². The smallest absolute Gasteiger partial charge is 0.416 e. The van der Waals surface area contributed by atoms with Crippen molar-refractivity contribution >= 4 is 11.6 Å². The number of alkyl halides is 3. The predicted octanol–water partition coefficient (Wildman–Crippen LogP) is 4.41. The molecule has 0 aromatic heterocycles. The van der Waals surface area contributed by atoms with Gasteiger partial charge in [-0.3, -0.25) is 0 Å². The molecule has 0 aliphatic rings. The summed E-state index contributed by atoms with van der Waals surface area (Å²) in [5, 5.41) is 9.40. The average Bonchev–Trinajstić information content (AvgIpc) is 2.30. The number of aliphatic hydroxyl groups is 1. The van der Waals surface area contributed by atoms with E-state index in [-0.39, 0.29) is 17.2 Å². The first-order valence-electron chi connectivity index (χ1n) is 5.62. The molecular weight excluding hydrogens is 281 g/mol. The Bertz CT molecular complexity index is 458. The molecule has 0 bridgehead atoms. The van der Waals surface area contributed by atoms with Crippen LogP contribution in [0, 0.1) is 0 Å². The molecule has 0 saturated carbocycles. The van der Waals surface area contributed by atoms with E-state index in [0.717, 1.165) is 23.8 Å². The molecular formula is C13H14ClF3O2. The molecule has 106 valence electrons. The zero-order valence-corrected chi connectivity index (χ0v) is 11.1. The van der Waals surface area contributed by atoms with E-state index >= 15 is 0 Å². The second-order valence-electron chi connectivity index (χ2n) is 4.02. The molecule has 0 aliphatic heterocycles. The molecule has 0 aliphatic carbocycles. The van der Waals surface area contributed by atoms with E-state index < -0.39 is 18.0 Å². The topological polar surface area (TPSA) is 29.5 Å². The Balaban J connectivity index is 2.78. The quantitative estimate of drug-likeness (QED) is 0.644. The van der Waals surface area contributed by atoms with Crippen molar-refractivity contribution in [3.8, 4) is 5.75 Å². The number of ether oxygens (including phenoxy) is 1. The molecule has 1 rings (SSSR count). The Morgan fingerprint density at radius 1 is 1.47 bits per heavy atom. The van der Waals surface area contributed by atoms with Crippen molar-refractivity contribution in [3.05, 3.63) is 40.9 Å². The number of halogens is 4. The molecule has 1 atom stereocenters. The standard InChI is InChI=1S/C13H14ClF3O2/c1-3-8(2)6-12(18)19-11-5-4-9(7-10(11)14)13(15,16)17/h4-5,7,12,18H,2-3,6H2,1H3. The Kier molecular flexibility index (Phi) is 5.26. The average molecular weight is 295 g/mol. The fourth-order valence-electron chi connectivity index (χ4n) is 1.35. The van der Waals surface area contributed by atoms with Gasteiger partial charge in [-0.1, -0.05) is 30.7 Å². The number of hydrogen-bond acceptors (Lipinski definition) is 2. The first-order chi connectivity index (χ1) is 8.74. The Morgan fingerprint density at radius 3 is 2.58 bits per heavy atom. The first kappa shape index (κ1) is 15.9. The highest BCUT2D eigenvalue weighted by Gasteiger charge is 2.31. The van der Waals surface area contributed by atoms with Crippen molar-refractivity contribution in [2.24, 2.45) is 0 Å². The zero-order chi connectivity index (χ0) is 14.6. The van der Waals surface area contributed by atoms with Crippen molar-refractivity contribution in [1.82, 2.24) is 0 Å². The van der Waals surface area contributed by atoms with Crippen molar-refractivity contribution < 1.29 is 23.0 Å². The van der Waals surface area contributed by atoms with Crippen LogP contribution in [0.3, 0.4) is 0 Å². The summed E-state index contributed by atoms with van der Waals surface area (Å²) in [5.41, 5.74) is -0.0900. The number of hydrogen-bond donors (Lipinski definition) is 1. The van der Waals surface area contributed by atoms with Crippen LogP contribution in [0.5, 0.6) is 5.75 Å². The maximum absolute atomic E-state index is 12.4. The number of aliphatic hydroxyl groups excluding tert-OH is 1. The summed E-state index contributed by atoms with van der Waals surface area (Å²) >= 11 is 5.69. The van der Waals surface area contributed by atoms with Gasteiger partial charge in [-0.15, -0.1) is 0 Å². The van der Waals surface area contributed by atoms with Gasteiger partial charge in [-0.25, -0.2) is 0 Å². The largest absolute Gasteiger partial charge is 0.463 e. The summed E-state index contributed by atoms with van der Waals surface area (Å²) in [5.74, 6) is 0.00562. The van der Waals surface area contributed by atoms with Crippen LogP contribution in [0.1, 0.15) is 25.3 Å². The lowest BCUT2D eigenvalue weighted by atomic mass is 10.1. The van der Waals surface area contributed by atoms with E-state index in [1.54, 1.807) is 0 Å². The molecule has 0 saturated heterocycles. The Morgan fingerprint density at radius 2 is 2.11 bits per heavy atom. The first-order valence-corrected chi connectivity index (χ1v) is 6.00. The molecule has 0 heterocycles. The van der Waals surface area contributed by atoms with Gasteiger partial charge >= 0.3 is 6.18 Å². The zero-order valence-electron chi connectivity index (χ0n) is 10.3. The second kappa shape index (κ2) is 6.30. The number of rotatable bonds is 5. The fraction of sp³-hybridized carbons (Fsp3) is 0.385. The van der Waals surface area contributed by atoms with E-state index in [2.05, 4.69) is 6.58 Å². The summed E-state index contributed by atoms with van der Waals surface area (Å²) < 4.78 is 42.3. The van der Waals surface area contributed by atoms with E-state index in [1.807, 2.05) is 6.92 Å². The summed E-state index contributed by atoms with van der Waals surface area (Å²) in [6.45, 7) is 5.58. The highest BCUT2D eigenvalue weighted by molar-refractivity contribution is 6.32. The number of benzene rings is 1. The summed E-state index contributed by atoms with van der Waals surface area (Å²) in [4.78, 5) is 0. The van der Waals surface area contributed by atoms with Crippen LogP contribution in [0.15, 0.2) is 30.4 Å². The lowest BCUT2D eigenvalue weighted by molar-refractivity contribution is -0.137. The van der Waals surface area contributed by atoms with Crippen LogP contribution in [-0.4, -0.2) is 11.4 Å². The molecule has 6 heteroatoms. The van der Waals surface area contributed by atoms with E-state index in [1.165, 1.54) is 0 Å². The van der Waals surface area contributed by atoms with Gasteiger partial charge in [-0.2, -0.15) is 13.2 Å². The lowest BCUT2D eigenvalue weighted by Crippen LogP contribution is -2.16. The summed E-state index contributed by atoms with van der Waals surface area (Å²) in [7, 11) is 0. The monoisotopic (exact) mass is 294 g/mol. The van der Waals surface area contributed by atoms with E-state index in [0.29, 0.717) is 6.42 Å². The highest BCUT2D eigenvalue weighted by Crippen LogP contribution is 2.35. The molecule has 2 nitrogen and oxygen atoms in total. The Hall–Kier alpha value is -1.20. The van der Waals surface area contributed by atoms with Gasteiger partial charge in [-0.05, 0) is 24.6 Å². The van der Waals surface area contributed by atoms with Crippen molar-refractivity contribution in [2.75, 3.05) is 0 Å². The predicted molar refractivity (Wildman–Crippen MR) is 67.1 cm³/mol. The highest BCUT2D eigenvalue weighted by atomic mass is 35.5. The minimum Gasteiger partial charge on any atom is -0.463 e. The lowest BCUT2D eigenvalue weighted by Gasteiger charge is -2.16. The van der Waals surface area contributed by atoms with Crippen LogP contribution in [0.25, 0.3) is 0 Å². The summed E-state index contributed by atoms with van der Waals surface area (Å²) in [6, 6.07) is 2.70.